The molecule has 0 aromatic carbocycles. The highest BCUT2D eigenvalue weighted by Crippen LogP contribution is 2.11. The molecule has 0 atom stereocenters. The maximum atomic E-state index is 12.5. The van der Waals surface area contributed by atoms with Gasteiger partial charge in [-0.1, -0.05) is 6.07 Å². The Morgan fingerprint density at radius 2 is 2.15 bits per heavy atom. The van der Waals surface area contributed by atoms with E-state index in [4.69, 9.17) is 0 Å². The van der Waals surface area contributed by atoms with Crippen LogP contribution in [0.5, 0.6) is 0 Å². The summed E-state index contributed by atoms with van der Waals surface area (Å²) < 4.78 is 0. The van der Waals surface area contributed by atoms with Crippen molar-refractivity contribution in [2.75, 3.05) is 0 Å². The van der Waals surface area contributed by atoms with Gasteiger partial charge in [0.25, 0.3) is 5.91 Å². The van der Waals surface area contributed by atoms with Crippen LogP contribution in [0.3, 0.4) is 0 Å². The molecule has 0 bridgehead atoms. The molecule has 0 aliphatic rings. The molecule has 1 amide bonds. The second kappa shape index (κ2) is 6.14. The largest absolute Gasteiger partial charge is 0.332 e. The van der Waals surface area contributed by atoms with E-state index < -0.39 is 0 Å². The van der Waals surface area contributed by atoms with Crippen LogP contribution in [0.1, 0.15) is 29.8 Å². The summed E-state index contributed by atoms with van der Waals surface area (Å²) in [5.74, 6) is -0.111. The van der Waals surface area contributed by atoms with Crippen LogP contribution in [0.4, 0.5) is 0 Å². The SMILES string of the molecule is CC(C)N(Cc1cccnc1)C(=O)c1ccc(=O)[nH]c1. The van der Waals surface area contributed by atoms with E-state index in [1.807, 2.05) is 26.0 Å². The topological polar surface area (TPSA) is 66.1 Å². The second-order valence-electron chi connectivity index (χ2n) is 4.83. The van der Waals surface area contributed by atoms with Gasteiger partial charge in [-0.05, 0) is 31.5 Å². The van der Waals surface area contributed by atoms with Crippen molar-refractivity contribution in [3.63, 3.8) is 0 Å². The average molecular weight is 271 g/mol. The quantitative estimate of drug-likeness (QED) is 0.922. The summed E-state index contributed by atoms with van der Waals surface area (Å²) in [5, 5.41) is 0. The number of nitrogens with zero attached hydrogens (tertiary/aromatic N) is 2. The number of hydrogen-bond acceptors (Lipinski definition) is 3. The minimum atomic E-state index is -0.218. The molecule has 0 saturated carbocycles. The van der Waals surface area contributed by atoms with Gasteiger partial charge in [-0.15, -0.1) is 0 Å². The van der Waals surface area contributed by atoms with E-state index in [-0.39, 0.29) is 17.5 Å². The van der Waals surface area contributed by atoms with Gasteiger partial charge in [-0.3, -0.25) is 14.6 Å². The van der Waals surface area contributed by atoms with Crippen molar-refractivity contribution in [2.24, 2.45) is 0 Å². The Labute approximate surface area is 117 Å². The lowest BCUT2D eigenvalue weighted by molar-refractivity contribution is 0.0689. The van der Waals surface area contributed by atoms with Crippen molar-refractivity contribution in [1.29, 1.82) is 0 Å². The van der Waals surface area contributed by atoms with Gasteiger partial charge in [0, 0.05) is 37.2 Å². The molecule has 0 radical (unpaired) electrons. The summed E-state index contributed by atoms with van der Waals surface area (Å²) in [4.78, 5) is 31.9. The Morgan fingerprint density at radius 1 is 1.35 bits per heavy atom. The summed E-state index contributed by atoms with van der Waals surface area (Å²) in [7, 11) is 0. The molecular formula is C15H17N3O2. The Hall–Kier alpha value is -2.43. The van der Waals surface area contributed by atoms with Crippen molar-refractivity contribution in [1.82, 2.24) is 14.9 Å². The van der Waals surface area contributed by atoms with Crippen LogP contribution in [0.2, 0.25) is 0 Å². The number of aromatic nitrogens is 2. The molecule has 0 spiro atoms. The maximum absolute atomic E-state index is 12.5. The molecule has 0 fully saturated rings. The molecule has 0 saturated heterocycles. The van der Waals surface area contributed by atoms with Crippen LogP contribution in [-0.4, -0.2) is 26.8 Å². The molecule has 0 unspecified atom stereocenters. The molecule has 0 aliphatic carbocycles. The Kier molecular flexibility index (Phi) is 4.30. The molecule has 1 N–H and O–H groups in total. The van der Waals surface area contributed by atoms with E-state index in [9.17, 15) is 9.59 Å². The predicted octanol–water partition coefficient (Wildman–Crippen LogP) is 1.82. The Balaban J connectivity index is 2.22. The van der Waals surface area contributed by atoms with Gasteiger partial charge in [0.1, 0.15) is 0 Å². The molecule has 2 aromatic heterocycles. The summed E-state index contributed by atoms with van der Waals surface area (Å²) >= 11 is 0. The number of nitrogens with one attached hydrogen (secondary N) is 1. The highest BCUT2D eigenvalue weighted by Gasteiger charge is 2.19. The first-order chi connectivity index (χ1) is 9.58. The van der Waals surface area contributed by atoms with Gasteiger partial charge < -0.3 is 9.88 Å². The van der Waals surface area contributed by atoms with Crippen LogP contribution < -0.4 is 5.56 Å². The van der Waals surface area contributed by atoms with Crippen LogP contribution in [0.15, 0.2) is 47.7 Å². The summed E-state index contributed by atoms with van der Waals surface area (Å²) in [6.45, 7) is 4.41. The number of H-pyrrole nitrogens is 1. The number of hydrogen-bond donors (Lipinski definition) is 1. The average Bonchev–Trinajstić information content (AvgIpc) is 2.45. The van der Waals surface area contributed by atoms with Crippen LogP contribution in [0.25, 0.3) is 0 Å². The molecule has 2 heterocycles. The molecule has 5 nitrogen and oxygen atoms in total. The molecule has 2 rings (SSSR count). The van der Waals surface area contributed by atoms with Gasteiger partial charge in [-0.2, -0.15) is 0 Å². The van der Waals surface area contributed by atoms with Gasteiger partial charge in [0.05, 0.1) is 5.56 Å². The summed E-state index contributed by atoms with van der Waals surface area (Å²) in [6.07, 6.45) is 4.89. The third-order valence-electron chi connectivity index (χ3n) is 2.99. The van der Waals surface area contributed by atoms with Crippen molar-refractivity contribution in [2.45, 2.75) is 26.4 Å². The zero-order valence-corrected chi connectivity index (χ0v) is 11.5. The minimum Gasteiger partial charge on any atom is -0.332 e. The Bertz CT molecular complexity index is 615. The Morgan fingerprint density at radius 3 is 2.70 bits per heavy atom. The van der Waals surface area contributed by atoms with Gasteiger partial charge in [0.2, 0.25) is 5.56 Å². The molecule has 2 aromatic rings. The lowest BCUT2D eigenvalue weighted by atomic mass is 10.2. The number of carbonyl (C=O) groups excluding carboxylic acids is 1. The number of pyridine rings is 2. The highest BCUT2D eigenvalue weighted by molar-refractivity contribution is 5.94. The molecular weight excluding hydrogens is 254 g/mol. The van der Waals surface area contributed by atoms with Gasteiger partial charge in [-0.25, -0.2) is 0 Å². The lowest BCUT2D eigenvalue weighted by Gasteiger charge is -2.26. The number of rotatable bonds is 4. The zero-order chi connectivity index (χ0) is 14.5. The van der Waals surface area contributed by atoms with Crippen LogP contribution in [0, 0.1) is 0 Å². The smallest absolute Gasteiger partial charge is 0.255 e. The first-order valence-electron chi connectivity index (χ1n) is 6.46. The third-order valence-corrected chi connectivity index (χ3v) is 2.99. The van der Waals surface area contributed by atoms with Gasteiger partial charge >= 0.3 is 0 Å². The fraction of sp³-hybridized carbons (Fsp3) is 0.267. The predicted molar refractivity (Wildman–Crippen MR) is 76.3 cm³/mol. The molecule has 20 heavy (non-hydrogen) atoms. The summed E-state index contributed by atoms with van der Waals surface area (Å²) in [5.41, 5.74) is 1.23. The minimum absolute atomic E-state index is 0.0506. The van der Waals surface area contributed by atoms with Gasteiger partial charge in [0.15, 0.2) is 0 Å². The number of amides is 1. The van der Waals surface area contributed by atoms with Crippen molar-refractivity contribution in [3.05, 3.63) is 64.3 Å². The van der Waals surface area contributed by atoms with E-state index >= 15 is 0 Å². The van der Waals surface area contributed by atoms with E-state index in [1.165, 1.54) is 12.3 Å². The second-order valence-corrected chi connectivity index (χ2v) is 4.83. The van der Waals surface area contributed by atoms with Crippen molar-refractivity contribution >= 4 is 5.91 Å². The van der Waals surface area contributed by atoms with E-state index in [1.54, 1.807) is 23.4 Å². The fourth-order valence-electron chi connectivity index (χ4n) is 1.89. The normalized spacial score (nSPS) is 10.6. The van der Waals surface area contributed by atoms with E-state index in [2.05, 4.69) is 9.97 Å². The monoisotopic (exact) mass is 271 g/mol. The molecule has 104 valence electrons. The first-order valence-corrected chi connectivity index (χ1v) is 6.46. The zero-order valence-electron chi connectivity index (χ0n) is 11.5. The number of aromatic amines is 1. The van der Waals surface area contributed by atoms with E-state index in [0.29, 0.717) is 12.1 Å². The first kappa shape index (κ1) is 14.0. The van der Waals surface area contributed by atoms with Crippen LogP contribution >= 0.6 is 0 Å². The van der Waals surface area contributed by atoms with Crippen molar-refractivity contribution < 1.29 is 4.79 Å². The highest BCUT2D eigenvalue weighted by atomic mass is 16.2. The van der Waals surface area contributed by atoms with Crippen molar-refractivity contribution in [3.8, 4) is 0 Å². The van der Waals surface area contributed by atoms with E-state index in [0.717, 1.165) is 5.56 Å². The molecule has 5 heteroatoms. The summed E-state index contributed by atoms with van der Waals surface area (Å²) in [6, 6.07) is 6.73. The standard InChI is InChI=1S/C15H17N3O2/c1-11(2)18(10-12-4-3-7-16-8-12)15(20)13-5-6-14(19)17-9-13/h3-9,11H,10H2,1-2H3,(H,17,19). The fourth-order valence-corrected chi connectivity index (χ4v) is 1.89. The third kappa shape index (κ3) is 3.32. The lowest BCUT2D eigenvalue weighted by Crippen LogP contribution is -2.36. The number of carbonyl (C=O) groups is 1. The molecule has 0 aliphatic heterocycles. The maximum Gasteiger partial charge on any atom is 0.255 e. The van der Waals surface area contributed by atoms with Crippen LogP contribution in [-0.2, 0) is 6.54 Å².